The highest BCUT2D eigenvalue weighted by molar-refractivity contribution is 9.10. The number of imidazole rings is 1. The zero-order valence-corrected chi connectivity index (χ0v) is 14.1. The fourth-order valence-corrected chi connectivity index (χ4v) is 3.15. The van der Waals surface area contributed by atoms with E-state index in [1.54, 1.807) is 7.11 Å². The Bertz CT molecular complexity index is 922. The SMILES string of the molecule is COc1ccc(-c2nc3c(C)cc(Br)cn3c2C#N)cc1C. The van der Waals surface area contributed by atoms with Gasteiger partial charge in [-0.3, -0.25) is 4.40 Å². The minimum atomic E-state index is 0.531. The molecule has 0 saturated heterocycles. The lowest BCUT2D eigenvalue weighted by Gasteiger charge is -2.06. The molecule has 0 aliphatic rings. The molecule has 0 aliphatic carbocycles. The second-order valence-electron chi connectivity index (χ2n) is 5.14. The van der Waals surface area contributed by atoms with Crippen molar-refractivity contribution in [1.29, 1.82) is 5.26 Å². The number of nitrogens with zero attached hydrogens (tertiary/aromatic N) is 3. The average molecular weight is 356 g/mol. The van der Waals surface area contributed by atoms with Crippen LogP contribution in [-0.4, -0.2) is 16.5 Å². The molecular weight excluding hydrogens is 342 g/mol. The maximum Gasteiger partial charge on any atom is 0.152 e. The number of pyridine rings is 1. The second-order valence-corrected chi connectivity index (χ2v) is 6.06. The number of hydrogen-bond acceptors (Lipinski definition) is 3. The number of aromatic nitrogens is 2. The van der Waals surface area contributed by atoms with E-state index in [1.807, 2.05) is 48.7 Å². The molecular formula is C17H14BrN3O. The summed E-state index contributed by atoms with van der Waals surface area (Å²) in [5, 5.41) is 9.57. The van der Waals surface area contributed by atoms with Crippen molar-refractivity contribution in [1.82, 2.24) is 9.38 Å². The van der Waals surface area contributed by atoms with E-state index in [0.717, 1.165) is 32.6 Å². The van der Waals surface area contributed by atoms with Crippen molar-refractivity contribution < 1.29 is 4.74 Å². The fraction of sp³-hybridized carbons (Fsp3) is 0.176. The normalized spacial score (nSPS) is 10.7. The van der Waals surface area contributed by atoms with E-state index >= 15 is 0 Å². The summed E-state index contributed by atoms with van der Waals surface area (Å²) in [6.45, 7) is 3.96. The van der Waals surface area contributed by atoms with Crippen LogP contribution < -0.4 is 4.74 Å². The molecule has 0 bridgehead atoms. The molecule has 0 fully saturated rings. The molecule has 1 aromatic carbocycles. The van der Waals surface area contributed by atoms with Gasteiger partial charge in [0.25, 0.3) is 0 Å². The van der Waals surface area contributed by atoms with Gasteiger partial charge in [0, 0.05) is 16.2 Å². The van der Waals surface area contributed by atoms with Gasteiger partial charge >= 0.3 is 0 Å². The summed E-state index contributed by atoms with van der Waals surface area (Å²) < 4.78 is 8.04. The van der Waals surface area contributed by atoms with Crippen LogP contribution in [0.2, 0.25) is 0 Å². The molecule has 4 nitrogen and oxygen atoms in total. The topological polar surface area (TPSA) is 50.3 Å². The standard InChI is InChI=1S/C17H14BrN3O/c1-10-6-12(4-5-15(10)22-3)16-14(8-19)21-9-13(18)7-11(2)17(21)20-16/h4-7,9H,1-3H3. The van der Waals surface area contributed by atoms with Crippen molar-refractivity contribution in [3.63, 3.8) is 0 Å². The Balaban J connectivity index is 2.30. The van der Waals surface area contributed by atoms with Gasteiger partial charge in [0.2, 0.25) is 0 Å². The first-order chi connectivity index (χ1) is 10.5. The second kappa shape index (κ2) is 5.47. The monoisotopic (exact) mass is 355 g/mol. The third-order valence-corrected chi connectivity index (χ3v) is 4.08. The maximum absolute atomic E-state index is 9.57. The first-order valence-electron chi connectivity index (χ1n) is 6.78. The molecule has 3 rings (SSSR count). The predicted molar refractivity (Wildman–Crippen MR) is 89.1 cm³/mol. The Morgan fingerprint density at radius 1 is 1.23 bits per heavy atom. The van der Waals surface area contributed by atoms with Crippen LogP contribution in [-0.2, 0) is 0 Å². The number of halogens is 1. The summed E-state index contributed by atoms with van der Waals surface area (Å²) >= 11 is 3.47. The lowest BCUT2D eigenvalue weighted by molar-refractivity contribution is 0.412. The van der Waals surface area contributed by atoms with E-state index in [9.17, 15) is 5.26 Å². The van der Waals surface area contributed by atoms with Crippen molar-refractivity contribution in [3.8, 4) is 23.1 Å². The molecule has 110 valence electrons. The molecule has 0 aliphatic heterocycles. The Hall–Kier alpha value is -2.32. The summed E-state index contributed by atoms with van der Waals surface area (Å²) in [6, 6.07) is 10.1. The number of rotatable bonds is 2. The number of methoxy groups -OCH3 is 1. The molecule has 0 N–H and O–H groups in total. The molecule has 0 radical (unpaired) electrons. The Kier molecular flexibility index (Phi) is 3.63. The van der Waals surface area contributed by atoms with Crippen LogP contribution in [0.3, 0.4) is 0 Å². The Labute approximate surface area is 137 Å². The number of fused-ring (bicyclic) bond motifs is 1. The summed E-state index contributed by atoms with van der Waals surface area (Å²) in [6.07, 6.45) is 1.87. The van der Waals surface area contributed by atoms with E-state index in [4.69, 9.17) is 4.74 Å². The van der Waals surface area contributed by atoms with Gasteiger partial charge < -0.3 is 4.74 Å². The zero-order valence-electron chi connectivity index (χ0n) is 12.5. The van der Waals surface area contributed by atoms with Crippen molar-refractivity contribution in [3.05, 3.63) is 51.8 Å². The van der Waals surface area contributed by atoms with Crippen molar-refractivity contribution >= 4 is 21.6 Å². The van der Waals surface area contributed by atoms with E-state index in [1.165, 1.54) is 0 Å². The molecule has 22 heavy (non-hydrogen) atoms. The summed E-state index contributed by atoms with van der Waals surface area (Å²) in [5.74, 6) is 0.824. The molecule has 0 unspecified atom stereocenters. The van der Waals surface area contributed by atoms with Crippen LogP contribution in [0.4, 0.5) is 0 Å². The predicted octanol–water partition coefficient (Wildman–Crippen LogP) is 4.26. The van der Waals surface area contributed by atoms with Crippen LogP contribution in [0.5, 0.6) is 5.75 Å². The van der Waals surface area contributed by atoms with Gasteiger partial charge in [-0.1, -0.05) is 0 Å². The summed E-state index contributed by atoms with van der Waals surface area (Å²) in [5.41, 5.74) is 4.96. The van der Waals surface area contributed by atoms with E-state index in [0.29, 0.717) is 11.4 Å². The van der Waals surface area contributed by atoms with Crippen LogP contribution in [0.1, 0.15) is 16.8 Å². The van der Waals surface area contributed by atoms with Crippen molar-refractivity contribution in [2.45, 2.75) is 13.8 Å². The van der Waals surface area contributed by atoms with Crippen molar-refractivity contribution in [2.75, 3.05) is 7.11 Å². The summed E-state index contributed by atoms with van der Waals surface area (Å²) in [4.78, 5) is 4.67. The molecule has 2 aromatic heterocycles. The fourth-order valence-electron chi connectivity index (χ4n) is 2.60. The number of nitriles is 1. The third-order valence-electron chi connectivity index (χ3n) is 3.64. The average Bonchev–Trinajstić information content (AvgIpc) is 2.85. The Morgan fingerprint density at radius 2 is 2.00 bits per heavy atom. The smallest absolute Gasteiger partial charge is 0.152 e. The lowest BCUT2D eigenvalue weighted by atomic mass is 10.1. The van der Waals surface area contributed by atoms with Gasteiger partial charge in [0.15, 0.2) is 5.69 Å². The number of benzene rings is 1. The molecule has 5 heteroatoms. The van der Waals surface area contributed by atoms with Crippen LogP contribution in [0, 0.1) is 25.2 Å². The number of aryl methyl sites for hydroxylation is 2. The zero-order chi connectivity index (χ0) is 15.9. The van der Waals surface area contributed by atoms with Crippen LogP contribution in [0.25, 0.3) is 16.9 Å². The van der Waals surface area contributed by atoms with Gasteiger partial charge in [0.05, 0.1) is 7.11 Å². The minimum Gasteiger partial charge on any atom is -0.496 e. The highest BCUT2D eigenvalue weighted by Crippen LogP contribution is 2.30. The number of hydrogen-bond donors (Lipinski definition) is 0. The largest absolute Gasteiger partial charge is 0.496 e. The van der Waals surface area contributed by atoms with Gasteiger partial charge in [-0.05, 0) is 65.2 Å². The first-order valence-corrected chi connectivity index (χ1v) is 7.57. The molecule has 0 atom stereocenters. The van der Waals surface area contributed by atoms with Crippen molar-refractivity contribution in [2.24, 2.45) is 0 Å². The van der Waals surface area contributed by atoms with E-state index in [2.05, 4.69) is 27.0 Å². The van der Waals surface area contributed by atoms with E-state index in [-0.39, 0.29) is 0 Å². The molecule has 0 spiro atoms. The third kappa shape index (κ3) is 2.26. The van der Waals surface area contributed by atoms with Gasteiger partial charge in [-0.15, -0.1) is 0 Å². The van der Waals surface area contributed by atoms with Gasteiger partial charge in [-0.2, -0.15) is 5.26 Å². The van der Waals surface area contributed by atoms with Crippen LogP contribution >= 0.6 is 15.9 Å². The Morgan fingerprint density at radius 3 is 2.64 bits per heavy atom. The maximum atomic E-state index is 9.57. The van der Waals surface area contributed by atoms with Gasteiger partial charge in [0.1, 0.15) is 23.2 Å². The quantitative estimate of drug-likeness (QED) is 0.689. The molecule has 0 amide bonds. The number of ether oxygens (including phenoxy) is 1. The lowest BCUT2D eigenvalue weighted by Crippen LogP contribution is -1.92. The van der Waals surface area contributed by atoms with E-state index < -0.39 is 0 Å². The summed E-state index contributed by atoms with van der Waals surface area (Å²) in [7, 11) is 1.65. The van der Waals surface area contributed by atoms with Gasteiger partial charge in [-0.25, -0.2) is 4.98 Å². The highest BCUT2D eigenvalue weighted by atomic mass is 79.9. The highest BCUT2D eigenvalue weighted by Gasteiger charge is 2.16. The molecule has 3 aromatic rings. The molecule has 2 heterocycles. The first kappa shape index (κ1) is 14.6. The van der Waals surface area contributed by atoms with Crippen LogP contribution in [0.15, 0.2) is 34.9 Å². The minimum absolute atomic E-state index is 0.531. The molecule has 0 saturated carbocycles.